The lowest BCUT2D eigenvalue weighted by atomic mass is 9.99. The molecule has 2 saturated heterocycles. The number of H-pyrrole nitrogens is 1. The second-order valence-electron chi connectivity index (χ2n) is 15.8. The Morgan fingerprint density at radius 2 is 1.32 bits per heavy atom. The van der Waals surface area contributed by atoms with Gasteiger partial charge in [0.15, 0.2) is 0 Å². The van der Waals surface area contributed by atoms with Gasteiger partial charge in [0.05, 0.1) is 23.9 Å². The average molecular weight is 767 g/mol. The van der Waals surface area contributed by atoms with Crippen molar-refractivity contribution in [3.05, 3.63) is 132 Å². The molecule has 57 heavy (non-hydrogen) atoms. The number of likely N-dealkylation sites (tertiary alicyclic amines) is 2. The second kappa shape index (κ2) is 16.9. The van der Waals surface area contributed by atoms with Crippen LogP contribution in [0.4, 0.5) is 10.5 Å². The first kappa shape index (κ1) is 39.0. The van der Waals surface area contributed by atoms with Crippen molar-refractivity contribution in [1.29, 1.82) is 0 Å². The first-order chi connectivity index (χ1) is 27.4. The molecule has 1 aromatic heterocycles. The summed E-state index contributed by atoms with van der Waals surface area (Å²) >= 11 is 0. The summed E-state index contributed by atoms with van der Waals surface area (Å²) < 4.78 is 5.45. The Labute approximate surface area is 333 Å². The van der Waals surface area contributed by atoms with Crippen LogP contribution in [0.1, 0.15) is 88.3 Å². The van der Waals surface area contributed by atoms with E-state index in [1.54, 1.807) is 49.9 Å². The van der Waals surface area contributed by atoms with E-state index in [1.165, 1.54) is 0 Å². The minimum Gasteiger partial charge on any atom is -0.444 e. The molecule has 4 amide bonds. The van der Waals surface area contributed by atoms with Crippen molar-refractivity contribution in [2.24, 2.45) is 0 Å². The van der Waals surface area contributed by atoms with Gasteiger partial charge in [0.1, 0.15) is 23.5 Å². The highest BCUT2D eigenvalue weighted by molar-refractivity contribution is 5.99. The van der Waals surface area contributed by atoms with E-state index in [4.69, 9.17) is 9.72 Å². The minimum absolute atomic E-state index is 0.0831. The molecule has 3 N–H and O–H groups in total. The molecule has 0 bridgehead atoms. The normalized spacial score (nSPS) is 17.8. The summed E-state index contributed by atoms with van der Waals surface area (Å²) in [5, 5.41) is 5.73. The van der Waals surface area contributed by atoms with Gasteiger partial charge in [-0.15, -0.1) is 0 Å². The number of nitrogens with one attached hydrogen (secondary N) is 3. The zero-order chi connectivity index (χ0) is 40.1. The number of aromatic amines is 1. The van der Waals surface area contributed by atoms with Gasteiger partial charge in [0, 0.05) is 18.8 Å². The zero-order valence-corrected chi connectivity index (χ0v) is 32.9. The molecule has 0 saturated carbocycles. The van der Waals surface area contributed by atoms with Gasteiger partial charge in [-0.2, -0.15) is 0 Å². The summed E-state index contributed by atoms with van der Waals surface area (Å²) in [6, 6.07) is 32.9. The van der Waals surface area contributed by atoms with Crippen LogP contribution in [-0.4, -0.2) is 68.3 Å². The monoisotopic (exact) mass is 766 g/mol. The summed E-state index contributed by atoms with van der Waals surface area (Å²) in [6.45, 7) is 8.37. The number of amides is 4. The first-order valence-electron chi connectivity index (χ1n) is 19.7. The Morgan fingerprint density at radius 3 is 1.96 bits per heavy atom. The summed E-state index contributed by atoms with van der Waals surface area (Å²) in [7, 11) is 0. The Kier molecular flexibility index (Phi) is 11.5. The molecule has 2 aliphatic heterocycles. The van der Waals surface area contributed by atoms with E-state index < -0.39 is 23.8 Å². The number of carbonyl (C=O) groups is 4. The fourth-order valence-electron chi connectivity index (χ4n) is 7.74. The van der Waals surface area contributed by atoms with E-state index in [0.717, 1.165) is 53.2 Å². The molecule has 0 aliphatic carbocycles. The number of nitrogens with zero attached hydrogens (tertiary/aromatic N) is 3. The number of alkyl carbamates (subject to hydrolysis) is 1. The smallest absolute Gasteiger partial charge is 0.408 e. The first-order valence-corrected chi connectivity index (χ1v) is 19.7. The van der Waals surface area contributed by atoms with Crippen molar-refractivity contribution in [3.8, 4) is 22.4 Å². The van der Waals surface area contributed by atoms with Crippen LogP contribution in [0.25, 0.3) is 22.4 Å². The van der Waals surface area contributed by atoms with Crippen LogP contribution in [0.5, 0.6) is 0 Å². The SMILES string of the molecule is C[C@@H](C(=O)N1CCC[C@H]1c1ncc(-c2ccc(-c3ccc(NC(=O)[C@@H]4CCCN4C(=O)[C@H](NC(=O)OC(C)(C)C)c4ccccc4)cc3)cc2)[nH]1)c1ccccc1. The second-order valence-corrected chi connectivity index (χ2v) is 15.8. The van der Waals surface area contributed by atoms with Crippen LogP contribution in [0.3, 0.4) is 0 Å². The zero-order valence-electron chi connectivity index (χ0n) is 32.9. The highest BCUT2D eigenvalue weighted by atomic mass is 16.6. The molecule has 7 rings (SSSR count). The number of rotatable bonds is 10. The third kappa shape index (κ3) is 9.09. The lowest BCUT2D eigenvalue weighted by Gasteiger charge is -2.29. The molecule has 294 valence electrons. The van der Waals surface area contributed by atoms with Crippen LogP contribution in [0.15, 0.2) is 115 Å². The third-order valence-electron chi connectivity index (χ3n) is 10.7. The lowest BCUT2D eigenvalue weighted by Crippen LogP contribution is -2.49. The topological polar surface area (TPSA) is 137 Å². The Balaban J connectivity index is 0.976. The third-order valence-corrected chi connectivity index (χ3v) is 10.7. The summed E-state index contributed by atoms with van der Waals surface area (Å²) in [6.07, 6.45) is 4.12. The van der Waals surface area contributed by atoms with Crippen LogP contribution < -0.4 is 10.6 Å². The van der Waals surface area contributed by atoms with Gasteiger partial charge in [-0.05, 0) is 93.3 Å². The molecule has 11 nitrogen and oxygen atoms in total. The molecule has 5 aromatic rings. The highest BCUT2D eigenvalue weighted by Crippen LogP contribution is 2.35. The average Bonchev–Trinajstić information content (AvgIpc) is 4.02. The number of hydrogen-bond donors (Lipinski definition) is 3. The van der Waals surface area contributed by atoms with Gasteiger partial charge < -0.3 is 30.2 Å². The minimum atomic E-state index is -1.00. The number of benzene rings is 4. The van der Waals surface area contributed by atoms with Crippen molar-refractivity contribution in [3.63, 3.8) is 0 Å². The van der Waals surface area contributed by atoms with Crippen molar-refractivity contribution in [1.82, 2.24) is 25.1 Å². The number of imidazole rings is 1. The van der Waals surface area contributed by atoms with Crippen LogP contribution >= 0.6 is 0 Å². The number of carbonyl (C=O) groups excluding carboxylic acids is 4. The number of aromatic nitrogens is 2. The molecule has 2 aliphatic rings. The Bertz CT molecular complexity index is 2180. The van der Waals surface area contributed by atoms with Crippen molar-refractivity contribution < 1.29 is 23.9 Å². The van der Waals surface area contributed by atoms with E-state index in [9.17, 15) is 19.2 Å². The maximum Gasteiger partial charge on any atom is 0.408 e. The summed E-state index contributed by atoms with van der Waals surface area (Å²) in [5.41, 5.74) is 5.37. The van der Waals surface area contributed by atoms with Crippen LogP contribution in [0, 0.1) is 0 Å². The Morgan fingerprint density at radius 1 is 0.737 bits per heavy atom. The lowest BCUT2D eigenvalue weighted by molar-refractivity contribution is -0.138. The molecule has 0 spiro atoms. The largest absolute Gasteiger partial charge is 0.444 e. The summed E-state index contributed by atoms with van der Waals surface area (Å²) in [4.78, 5) is 65.6. The van der Waals surface area contributed by atoms with E-state index in [0.29, 0.717) is 30.6 Å². The highest BCUT2D eigenvalue weighted by Gasteiger charge is 2.39. The molecular weight excluding hydrogens is 717 g/mol. The van der Waals surface area contributed by atoms with Crippen molar-refractivity contribution in [2.45, 2.75) is 83.0 Å². The Hall–Kier alpha value is -6.23. The molecule has 4 atom stereocenters. The predicted molar refractivity (Wildman–Crippen MR) is 220 cm³/mol. The molecule has 3 heterocycles. The maximum absolute atomic E-state index is 14.0. The van der Waals surface area contributed by atoms with Crippen molar-refractivity contribution in [2.75, 3.05) is 18.4 Å². The molecular formula is C46H50N6O5. The fourth-order valence-corrected chi connectivity index (χ4v) is 7.74. The fraction of sp³-hybridized carbons (Fsp3) is 0.326. The number of hydrogen-bond acceptors (Lipinski definition) is 6. The molecule has 2 fully saturated rings. The van der Waals surface area contributed by atoms with Crippen molar-refractivity contribution >= 4 is 29.5 Å². The molecule has 11 heteroatoms. The van der Waals surface area contributed by atoms with Gasteiger partial charge in [-0.25, -0.2) is 9.78 Å². The van der Waals surface area contributed by atoms with E-state index in [1.807, 2.05) is 103 Å². The number of anilines is 1. The number of ether oxygens (including phenoxy) is 1. The van der Waals surface area contributed by atoms with Crippen LogP contribution in [-0.2, 0) is 19.1 Å². The predicted octanol–water partition coefficient (Wildman–Crippen LogP) is 8.41. The van der Waals surface area contributed by atoms with Gasteiger partial charge in [-0.1, -0.05) is 97.1 Å². The molecule has 0 radical (unpaired) electrons. The summed E-state index contributed by atoms with van der Waals surface area (Å²) in [5.74, 6) is 0.0583. The van der Waals surface area contributed by atoms with E-state index in [2.05, 4.69) is 15.6 Å². The van der Waals surface area contributed by atoms with Crippen LogP contribution in [0.2, 0.25) is 0 Å². The van der Waals surface area contributed by atoms with Gasteiger partial charge in [0.2, 0.25) is 11.8 Å². The quantitative estimate of drug-likeness (QED) is 0.131. The molecule has 0 unspecified atom stereocenters. The van der Waals surface area contributed by atoms with Gasteiger partial charge >= 0.3 is 6.09 Å². The van der Waals surface area contributed by atoms with E-state index in [-0.39, 0.29) is 29.7 Å². The van der Waals surface area contributed by atoms with Gasteiger partial charge in [0.25, 0.3) is 5.91 Å². The van der Waals surface area contributed by atoms with Gasteiger partial charge in [-0.3, -0.25) is 14.4 Å². The standard InChI is InChI=1S/C46H50N6O5/c1-30(31-13-7-5-8-14-31)43(54)51-27-11-17-38(51)41-47-29-37(49-41)34-21-19-32(20-22-34)33-23-25-36(26-24-33)48-42(53)39-18-12-28-52(39)44(55)40(35-15-9-6-10-16-35)50-45(56)57-46(2,3)4/h5-10,13-16,19-26,29-30,38-40H,11-12,17-18,27-28H2,1-4H3,(H,47,49)(H,48,53)(H,50,56)/t30-,38+,39+,40-/m1/s1. The van der Waals surface area contributed by atoms with E-state index >= 15 is 0 Å². The maximum atomic E-state index is 14.0. The molecule has 4 aromatic carbocycles.